The number of pyridine rings is 1. The number of aryl methyl sites for hydroxylation is 3. The number of aromatic nitrogens is 3. The fraction of sp³-hybridized carbons (Fsp3) is 0.111. The van der Waals surface area contributed by atoms with Crippen molar-refractivity contribution in [3.05, 3.63) is 174 Å². The van der Waals surface area contributed by atoms with Gasteiger partial charge < -0.3 is 9.15 Å². The van der Waals surface area contributed by atoms with E-state index in [9.17, 15) is 0 Å². The molecule has 5 nitrogen and oxygen atoms in total. The Hall–Kier alpha value is -7.24. The number of para-hydroxylation sites is 2. The van der Waals surface area contributed by atoms with E-state index < -0.39 is 26.0 Å². The van der Waals surface area contributed by atoms with Gasteiger partial charge in [-0.2, -0.15) is 4.98 Å². The van der Waals surface area contributed by atoms with Crippen LogP contribution < -0.4 is 4.74 Å². The Labute approximate surface area is 354 Å². The number of hydrogen-bond acceptors (Lipinski definition) is 4. The molecule has 0 unspecified atom stereocenters. The van der Waals surface area contributed by atoms with Crippen molar-refractivity contribution in [2.24, 2.45) is 0 Å². The van der Waals surface area contributed by atoms with Crippen molar-refractivity contribution in [2.45, 2.75) is 39.8 Å². The maximum atomic E-state index is 8.93. The van der Waals surface area contributed by atoms with Crippen LogP contribution in [0.25, 0.3) is 94.9 Å². The molecule has 7 aromatic carbocycles. The predicted molar refractivity (Wildman–Crippen MR) is 239 cm³/mol. The standard InChI is InChI=1S/C54H39N3O2/c1-30-20-24-42-51(48(30)33-22-23-37-34-13-6-7-14-35(34)39-17-12-26-55-50(39)38-16-9-8-15-36(38)41(37)28-33)58-47-27-32(3)40(29-43(47)54(42,4)5)49-31(2)21-25-46-52(49)59-53-56-44-18-10-11-19-45(44)57(46)53/h6-29H,1-5H3/i1D3,2D3,3D3. The minimum Gasteiger partial charge on any atom is -0.456 e. The molecule has 4 heterocycles. The number of hydrogen-bond donors (Lipinski definition) is 0. The summed E-state index contributed by atoms with van der Waals surface area (Å²) in [6.07, 6.45) is 1.79. The van der Waals surface area contributed by atoms with Crippen LogP contribution in [-0.4, -0.2) is 14.4 Å². The Balaban J connectivity index is 1.10. The predicted octanol–water partition coefficient (Wildman–Crippen LogP) is 14.3. The van der Waals surface area contributed by atoms with E-state index in [-0.39, 0.29) is 50.7 Å². The number of imidazole rings is 1. The summed E-state index contributed by atoms with van der Waals surface area (Å²) in [4.78, 5) is 9.55. The lowest BCUT2D eigenvalue weighted by atomic mass is 9.73. The summed E-state index contributed by atoms with van der Waals surface area (Å²) in [6, 6.07) is 43.5. The molecule has 2 aliphatic rings. The molecule has 5 heteroatoms. The third kappa shape index (κ3) is 4.73. The second-order valence-corrected chi connectivity index (χ2v) is 15.9. The number of ether oxygens (including phenoxy) is 1. The molecule has 12 rings (SSSR count). The van der Waals surface area contributed by atoms with Crippen LogP contribution in [0.4, 0.5) is 0 Å². The molecular weight excluding hydrogens is 723 g/mol. The summed E-state index contributed by atoms with van der Waals surface area (Å²) >= 11 is 0. The molecule has 0 bridgehead atoms. The molecule has 0 saturated carbocycles. The van der Waals surface area contributed by atoms with Gasteiger partial charge in [-0.1, -0.05) is 111 Å². The van der Waals surface area contributed by atoms with E-state index in [1.807, 2.05) is 86.6 Å². The Morgan fingerprint density at radius 1 is 0.559 bits per heavy atom. The summed E-state index contributed by atoms with van der Waals surface area (Å²) in [5, 5.41) is 0. The van der Waals surface area contributed by atoms with Crippen molar-refractivity contribution < 1.29 is 21.5 Å². The third-order valence-corrected chi connectivity index (χ3v) is 12.3. The van der Waals surface area contributed by atoms with Gasteiger partial charge in [0.2, 0.25) is 0 Å². The van der Waals surface area contributed by atoms with Crippen molar-refractivity contribution in [1.82, 2.24) is 14.4 Å². The number of nitrogens with zero attached hydrogens (tertiary/aromatic N) is 3. The highest BCUT2D eigenvalue weighted by Gasteiger charge is 2.37. The second kappa shape index (κ2) is 12.1. The SMILES string of the molecule is [2H]C([2H])([2H])c1cc2c(cc1-c1c(C([2H])([2H])[2H])ccc3c1oc1nc4ccccc4n13)C(C)(C)c1ccc(C([2H])([2H])[2H])c(-c3ccc4c(c3)-c3ccccc3-c3ncccc3-c3ccccc3-4)c1O2. The van der Waals surface area contributed by atoms with Crippen molar-refractivity contribution in [3.63, 3.8) is 0 Å². The van der Waals surface area contributed by atoms with E-state index in [0.717, 1.165) is 50.2 Å². The van der Waals surface area contributed by atoms with Crippen molar-refractivity contribution in [3.8, 4) is 78.4 Å². The van der Waals surface area contributed by atoms with E-state index in [4.69, 9.17) is 26.5 Å². The van der Waals surface area contributed by atoms with Crippen molar-refractivity contribution >= 4 is 28.0 Å². The van der Waals surface area contributed by atoms with Gasteiger partial charge in [-0.3, -0.25) is 9.38 Å². The molecule has 0 amide bonds. The molecule has 0 saturated heterocycles. The van der Waals surface area contributed by atoms with Gasteiger partial charge >= 0.3 is 5.84 Å². The summed E-state index contributed by atoms with van der Waals surface area (Å²) in [5.41, 5.74) is 11.0. The first-order valence-corrected chi connectivity index (χ1v) is 19.6. The molecule has 0 fully saturated rings. The summed E-state index contributed by atoms with van der Waals surface area (Å²) in [5.74, 6) is 0.727. The van der Waals surface area contributed by atoms with Gasteiger partial charge in [-0.15, -0.1) is 0 Å². The van der Waals surface area contributed by atoms with E-state index in [1.54, 1.807) is 34.9 Å². The molecule has 282 valence electrons. The van der Waals surface area contributed by atoms with Gasteiger partial charge in [0.1, 0.15) is 11.5 Å². The van der Waals surface area contributed by atoms with Crippen LogP contribution in [0.3, 0.4) is 0 Å². The molecule has 0 atom stereocenters. The quantitative estimate of drug-likeness (QED) is 0.176. The highest BCUT2D eigenvalue weighted by atomic mass is 16.5. The monoisotopic (exact) mass is 770 g/mol. The minimum absolute atomic E-state index is 0.0685. The van der Waals surface area contributed by atoms with Crippen LogP contribution in [0.15, 0.2) is 150 Å². The fourth-order valence-electron chi connectivity index (χ4n) is 9.47. The smallest absolute Gasteiger partial charge is 0.307 e. The van der Waals surface area contributed by atoms with Gasteiger partial charge in [0.25, 0.3) is 0 Å². The Bertz CT molecular complexity index is 3780. The molecule has 3 aromatic heterocycles. The first-order valence-electron chi connectivity index (χ1n) is 24.1. The van der Waals surface area contributed by atoms with Crippen LogP contribution in [0.1, 0.15) is 54.0 Å². The van der Waals surface area contributed by atoms with Crippen LogP contribution in [-0.2, 0) is 5.41 Å². The number of fused-ring (bicyclic) bond motifs is 15. The highest BCUT2D eigenvalue weighted by Crippen LogP contribution is 2.55. The zero-order valence-electron chi connectivity index (χ0n) is 41.0. The molecule has 59 heavy (non-hydrogen) atoms. The van der Waals surface area contributed by atoms with E-state index in [2.05, 4.69) is 35.3 Å². The van der Waals surface area contributed by atoms with Crippen LogP contribution >= 0.6 is 0 Å². The number of benzene rings is 7. The first kappa shape index (κ1) is 25.9. The lowest BCUT2D eigenvalue weighted by molar-refractivity contribution is 0.419. The Morgan fingerprint density at radius 3 is 2.08 bits per heavy atom. The zero-order valence-corrected chi connectivity index (χ0v) is 32.0. The van der Waals surface area contributed by atoms with Crippen LogP contribution in [0, 0.1) is 20.6 Å². The first-order chi connectivity index (χ1) is 32.4. The number of rotatable bonds is 2. The van der Waals surface area contributed by atoms with Crippen LogP contribution in [0.5, 0.6) is 11.5 Å². The van der Waals surface area contributed by atoms with E-state index >= 15 is 0 Å². The summed E-state index contributed by atoms with van der Waals surface area (Å²) in [7, 11) is 0. The lowest BCUT2D eigenvalue weighted by Gasteiger charge is -2.37. The van der Waals surface area contributed by atoms with Gasteiger partial charge in [-0.05, 0) is 119 Å². The van der Waals surface area contributed by atoms with Crippen LogP contribution in [0.2, 0.25) is 0 Å². The fourth-order valence-corrected chi connectivity index (χ4v) is 9.47. The minimum atomic E-state index is -2.78. The molecule has 10 aromatic rings. The van der Waals surface area contributed by atoms with Crippen molar-refractivity contribution in [2.75, 3.05) is 0 Å². The van der Waals surface area contributed by atoms with Gasteiger partial charge in [0, 0.05) is 57.3 Å². The average molecular weight is 771 g/mol. The normalized spacial score (nSPS) is 16.3. The van der Waals surface area contributed by atoms with Gasteiger partial charge in [-0.25, -0.2) is 0 Å². The maximum Gasteiger partial charge on any atom is 0.307 e. The van der Waals surface area contributed by atoms with Gasteiger partial charge in [0.15, 0.2) is 5.58 Å². The van der Waals surface area contributed by atoms with Gasteiger partial charge in [0.05, 0.1) is 22.2 Å². The van der Waals surface area contributed by atoms with Crippen molar-refractivity contribution in [1.29, 1.82) is 0 Å². The summed E-state index contributed by atoms with van der Waals surface area (Å²) in [6.45, 7) is -4.08. The van der Waals surface area contributed by atoms with E-state index in [0.29, 0.717) is 33.3 Å². The summed E-state index contributed by atoms with van der Waals surface area (Å²) < 4.78 is 94.5. The molecule has 1 aliphatic heterocycles. The van der Waals surface area contributed by atoms with E-state index in [1.165, 1.54) is 12.1 Å². The third-order valence-electron chi connectivity index (χ3n) is 12.3. The number of oxazole rings is 1. The topological polar surface area (TPSA) is 52.6 Å². The largest absolute Gasteiger partial charge is 0.456 e. The molecule has 1 aliphatic carbocycles. The molecule has 0 N–H and O–H groups in total. The Morgan fingerprint density at radius 2 is 1.25 bits per heavy atom. The maximum absolute atomic E-state index is 8.93. The molecule has 0 spiro atoms. The second-order valence-electron chi connectivity index (χ2n) is 15.9. The Kier molecular flexibility index (Phi) is 5.33. The molecular formula is C54H39N3O2. The average Bonchev–Trinajstić information content (AvgIpc) is 3.86. The lowest BCUT2D eigenvalue weighted by Crippen LogP contribution is -2.25. The zero-order chi connectivity index (χ0) is 47.2. The molecule has 0 radical (unpaired) electrons. The highest BCUT2D eigenvalue weighted by molar-refractivity contribution is 6.03.